The van der Waals surface area contributed by atoms with Gasteiger partial charge in [0.15, 0.2) is 0 Å². The zero-order valence-corrected chi connectivity index (χ0v) is 11.0. The monoisotopic (exact) mass is 223 g/mol. The molecule has 92 valence electrons. The van der Waals surface area contributed by atoms with Crippen molar-refractivity contribution in [1.29, 1.82) is 0 Å². The molecule has 0 fully saturated rings. The standard InChI is InChI=1S/C13H25N3/c1-5-12(6-2)11(4)16-10-15-9-13(16)8-14-7-3/h9-12,14H,5-8H2,1-4H3. The third-order valence-corrected chi connectivity index (χ3v) is 3.47. The SMILES string of the molecule is CCNCc1cncn1C(C)C(CC)CC. The minimum absolute atomic E-state index is 0.547. The van der Waals surface area contributed by atoms with Crippen molar-refractivity contribution in [1.82, 2.24) is 14.9 Å². The molecule has 1 heterocycles. The second kappa shape index (κ2) is 6.69. The molecule has 1 unspecified atom stereocenters. The molecule has 0 spiro atoms. The molecule has 3 heteroatoms. The Labute approximate surface area is 99.3 Å². The van der Waals surface area contributed by atoms with Gasteiger partial charge in [0.25, 0.3) is 0 Å². The van der Waals surface area contributed by atoms with Gasteiger partial charge in [-0.3, -0.25) is 0 Å². The molecule has 0 aliphatic carbocycles. The van der Waals surface area contributed by atoms with Gasteiger partial charge in [0.1, 0.15) is 0 Å². The average Bonchev–Trinajstić information content (AvgIpc) is 2.75. The third kappa shape index (κ3) is 3.08. The summed E-state index contributed by atoms with van der Waals surface area (Å²) in [5.41, 5.74) is 1.29. The van der Waals surface area contributed by atoms with Crippen LogP contribution in [0.4, 0.5) is 0 Å². The van der Waals surface area contributed by atoms with Crippen LogP contribution in [-0.4, -0.2) is 16.1 Å². The van der Waals surface area contributed by atoms with Crippen molar-refractivity contribution < 1.29 is 0 Å². The number of nitrogens with one attached hydrogen (secondary N) is 1. The van der Waals surface area contributed by atoms with Crippen molar-refractivity contribution in [2.75, 3.05) is 6.54 Å². The number of hydrogen-bond acceptors (Lipinski definition) is 2. The number of imidazole rings is 1. The molecule has 0 amide bonds. The molecule has 1 N–H and O–H groups in total. The van der Waals surface area contributed by atoms with Crippen LogP contribution in [0.1, 0.15) is 52.3 Å². The van der Waals surface area contributed by atoms with E-state index in [0.717, 1.165) is 19.0 Å². The highest BCUT2D eigenvalue weighted by Gasteiger charge is 2.17. The maximum Gasteiger partial charge on any atom is 0.0951 e. The molecule has 0 radical (unpaired) electrons. The van der Waals surface area contributed by atoms with E-state index in [-0.39, 0.29) is 0 Å². The Bertz CT molecular complexity index is 289. The van der Waals surface area contributed by atoms with Crippen molar-refractivity contribution in [3.05, 3.63) is 18.2 Å². The normalized spacial score (nSPS) is 13.3. The maximum atomic E-state index is 4.27. The minimum Gasteiger partial charge on any atom is -0.330 e. The summed E-state index contributed by atoms with van der Waals surface area (Å²) in [6.45, 7) is 10.9. The largest absolute Gasteiger partial charge is 0.330 e. The van der Waals surface area contributed by atoms with E-state index in [2.05, 4.69) is 42.6 Å². The van der Waals surface area contributed by atoms with E-state index in [0.29, 0.717) is 6.04 Å². The molecule has 0 bridgehead atoms. The molecule has 0 saturated carbocycles. The van der Waals surface area contributed by atoms with Gasteiger partial charge >= 0.3 is 0 Å². The average molecular weight is 223 g/mol. The summed E-state index contributed by atoms with van der Waals surface area (Å²) < 4.78 is 2.32. The van der Waals surface area contributed by atoms with Crippen LogP contribution >= 0.6 is 0 Å². The lowest BCUT2D eigenvalue weighted by molar-refractivity contribution is 0.325. The van der Waals surface area contributed by atoms with Crippen LogP contribution in [0.3, 0.4) is 0 Å². The van der Waals surface area contributed by atoms with E-state index in [4.69, 9.17) is 0 Å². The molecule has 1 atom stereocenters. The van der Waals surface area contributed by atoms with Gasteiger partial charge < -0.3 is 9.88 Å². The lowest BCUT2D eigenvalue weighted by Crippen LogP contribution is -2.20. The Balaban J connectivity index is 2.73. The van der Waals surface area contributed by atoms with Gasteiger partial charge in [-0.2, -0.15) is 0 Å². The van der Waals surface area contributed by atoms with Gasteiger partial charge in [0.05, 0.1) is 12.0 Å². The van der Waals surface area contributed by atoms with Gasteiger partial charge in [-0.1, -0.05) is 33.6 Å². The summed E-state index contributed by atoms with van der Waals surface area (Å²) in [7, 11) is 0. The number of hydrogen-bond donors (Lipinski definition) is 1. The van der Waals surface area contributed by atoms with E-state index >= 15 is 0 Å². The molecule has 1 aromatic heterocycles. The van der Waals surface area contributed by atoms with Gasteiger partial charge in [-0.05, 0) is 19.4 Å². The van der Waals surface area contributed by atoms with Gasteiger partial charge in [0.2, 0.25) is 0 Å². The summed E-state index contributed by atoms with van der Waals surface area (Å²) in [4.78, 5) is 4.27. The van der Waals surface area contributed by atoms with E-state index in [1.807, 2.05) is 12.5 Å². The topological polar surface area (TPSA) is 29.9 Å². The third-order valence-electron chi connectivity index (χ3n) is 3.47. The van der Waals surface area contributed by atoms with Crippen molar-refractivity contribution >= 4 is 0 Å². The summed E-state index contributed by atoms with van der Waals surface area (Å²) in [5.74, 6) is 0.745. The van der Waals surface area contributed by atoms with E-state index in [1.165, 1.54) is 18.5 Å². The fourth-order valence-corrected chi connectivity index (χ4v) is 2.29. The maximum absolute atomic E-state index is 4.27. The van der Waals surface area contributed by atoms with Crippen LogP contribution in [0.15, 0.2) is 12.5 Å². The lowest BCUT2D eigenvalue weighted by Gasteiger charge is -2.24. The number of rotatable bonds is 7. The van der Waals surface area contributed by atoms with E-state index in [1.54, 1.807) is 0 Å². The van der Waals surface area contributed by atoms with Gasteiger partial charge in [-0.15, -0.1) is 0 Å². The van der Waals surface area contributed by atoms with Crippen LogP contribution in [0, 0.1) is 5.92 Å². The van der Waals surface area contributed by atoms with Crippen LogP contribution < -0.4 is 5.32 Å². The molecule has 3 nitrogen and oxygen atoms in total. The highest BCUT2D eigenvalue weighted by Crippen LogP contribution is 2.25. The Hall–Kier alpha value is -0.830. The summed E-state index contributed by atoms with van der Waals surface area (Å²) in [6, 6.07) is 0.547. The second-order valence-electron chi connectivity index (χ2n) is 4.39. The molecule has 1 rings (SSSR count). The zero-order chi connectivity index (χ0) is 12.0. The smallest absolute Gasteiger partial charge is 0.0951 e. The Morgan fingerprint density at radius 1 is 1.31 bits per heavy atom. The van der Waals surface area contributed by atoms with E-state index in [9.17, 15) is 0 Å². The summed E-state index contributed by atoms with van der Waals surface area (Å²) in [5, 5.41) is 3.36. The van der Waals surface area contributed by atoms with Gasteiger partial charge in [-0.25, -0.2) is 4.98 Å². The Morgan fingerprint density at radius 3 is 2.56 bits per heavy atom. The second-order valence-corrected chi connectivity index (χ2v) is 4.39. The first-order chi connectivity index (χ1) is 7.74. The Morgan fingerprint density at radius 2 is 2.00 bits per heavy atom. The fourth-order valence-electron chi connectivity index (χ4n) is 2.29. The number of nitrogens with zero attached hydrogens (tertiary/aromatic N) is 2. The number of aromatic nitrogens is 2. The van der Waals surface area contributed by atoms with Crippen LogP contribution in [-0.2, 0) is 6.54 Å². The van der Waals surface area contributed by atoms with Crippen LogP contribution in [0.5, 0.6) is 0 Å². The quantitative estimate of drug-likeness (QED) is 0.770. The van der Waals surface area contributed by atoms with Crippen LogP contribution in [0.25, 0.3) is 0 Å². The summed E-state index contributed by atoms with van der Waals surface area (Å²) in [6.07, 6.45) is 6.41. The molecule has 0 aliphatic rings. The molecule has 16 heavy (non-hydrogen) atoms. The first-order valence-electron chi connectivity index (χ1n) is 6.45. The predicted molar refractivity (Wildman–Crippen MR) is 68.4 cm³/mol. The lowest BCUT2D eigenvalue weighted by atomic mass is 9.95. The molecule has 0 aliphatic heterocycles. The van der Waals surface area contributed by atoms with E-state index < -0.39 is 0 Å². The minimum atomic E-state index is 0.547. The van der Waals surface area contributed by atoms with Crippen molar-refractivity contribution in [3.63, 3.8) is 0 Å². The highest BCUT2D eigenvalue weighted by molar-refractivity contribution is 5.00. The highest BCUT2D eigenvalue weighted by atomic mass is 15.1. The molecular formula is C13H25N3. The first kappa shape index (κ1) is 13.2. The Kier molecular flexibility index (Phi) is 5.53. The fraction of sp³-hybridized carbons (Fsp3) is 0.769. The zero-order valence-electron chi connectivity index (χ0n) is 11.0. The molecular weight excluding hydrogens is 198 g/mol. The summed E-state index contributed by atoms with van der Waals surface area (Å²) >= 11 is 0. The van der Waals surface area contributed by atoms with Crippen LogP contribution in [0.2, 0.25) is 0 Å². The predicted octanol–water partition coefficient (Wildman–Crippen LogP) is 2.99. The first-order valence-corrected chi connectivity index (χ1v) is 6.45. The molecule has 0 saturated heterocycles. The van der Waals surface area contributed by atoms with Gasteiger partial charge in [0, 0.05) is 18.8 Å². The molecule has 0 aromatic carbocycles. The molecule has 1 aromatic rings. The van der Waals surface area contributed by atoms with Crippen molar-refractivity contribution in [3.8, 4) is 0 Å². The van der Waals surface area contributed by atoms with Crippen molar-refractivity contribution in [2.45, 2.75) is 53.1 Å². The van der Waals surface area contributed by atoms with Crippen molar-refractivity contribution in [2.24, 2.45) is 5.92 Å².